The summed E-state index contributed by atoms with van der Waals surface area (Å²) in [5.41, 5.74) is 0.950. The number of amides is 2. The highest BCUT2D eigenvalue weighted by molar-refractivity contribution is 7.13. The Labute approximate surface area is 148 Å². The van der Waals surface area contributed by atoms with Crippen molar-refractivity contribution in [1.82, 2.24) is 15.2 Å². The number of hydrogen-bond donors (Lipinski definition) is 1. The number of anilines is 1. The molecule has 134 valence electrons. The average molecular weight is 353 g/mol. The molecule has 0 spiro atoms. The van der Waals surface area contributed by atoms with Crippen molar-refractivity contribution in [2.45, 2.75) is 51.7 Å². The van der Waals surface area contributed by atoms with Gasteiger partial charge >= 0.3 is 6.03 Å². The minimum atomic E-state index is -0.00415. The molecule has 1 aromatic heterocycles. The van der Waals surface area contributed by atoms with Crippen LogP contribution in [-0.4, -0.2) is 54.8 Å². The molecule has 0 radical (unpaired) electrons. The van der Waals surface area contributed by atoms with Crippen LogP contribution in [0.4, 0.5) is 9.93 Å². The molecule has 1 N–H and O–H groups in total. The molecule has 1 aromatic rings. The molecular formula is C17H28N4O2S. The van der Waals surface area contributed by atoms with E-state index >= 15 is 0 Å². The summed E-state index contributed by atoms with van der Waals surface area (Å²) in [5.74, 6) is 0. The van der Waals surface area contributed by atoms with E-state index in [-0.39, 0.29) is 12.1 Å². The van der Waals surface area contributed by atoms with Crippen molar-refractivity contribution in [1.29, 1.82) is 0 Å². The van der Waals surface area contributed by atoms with Crippen molar-refractivity contribution in [3.05, 3.63) is 11.1 Å². The molecule has 3 rings (SSSR count). The number of aromatic nitrogens is 1. The van der Waals surface area contributed by atoms with Crippen LogP contribution in [0.1, 0.15) is 44.7 Å². The SMILES string of the molecule is CCCOC1CCCN(C(=O)NCc2csc(N3CCCC3)n2)C1. The summed E-state index contributed by atoms with van der Waals surface area (Å²) >= 11 is 1.67. The van der Waals surface area contributed by atoms with E-state index in [1.54, 1.807) is 11.3 Å². The zero-order chi connectivity index (χ0) is 16.8. The molecule has 1 atom stereocenters. The Hall–Kier alpha value is -1.34. The van der Waals surface area contributed by atoms with Gasteiger partial charge in [-0.1, -0.05) is 6.92 Å². The molecule has 2 aliphatic rings. The van der Waals surface area contributed by atoms with Crippen LogP contribution in [0.2, 0.25) is 0 Å². The maximum Gasteiger partial charge on any atom is 0.317 e. The molecule has 0 bridgehead atoms. The van der Waals surface area contributed by atoms with Gasteiger partial charge in [0.15, 0.2) is 5.13 Å². The van der Waals surface area contributed by atoms with Crippen molar-refractivity contribution >= 4 is 22.5 Å². The summed E-state index contributed by atoms with van der Waals surface area (Å²) in [6, 6.07) is -0.00415. The highest BCUT2D eigenvalue weighted by atomic mass is 32.1. The fourth-order valence-corrected chi connectivity index (χ4v) is 4.13. The highest BCUT2D eigenvalue weighted by Crippen LogP contribution is 2.24. The van der Waals surface area contributed by atoms with E-state index in [4.69, 9.17) is 4.74 Å². The summed E-state index contributed by atoms with van der Waals surface area (Å²) in [7, 11) is 0. The summed E-state index contributed by atoms with van der Waals surface area (Å²) in [6.45, 7) is 7.10. The number of likely N-dealkylation sites (tertiary alicyclic amines) is 1. The second-order valence-corrected chi connectivity index (χ2v) is 7.39. The smallest absolute Gasteiger partial charge is 0.317 e. The van der Waals surface area contributed by atoms with Crippen LogP contribution < -0.4 is 10.2 Å². The normalized spacial score (nSPS) is 21.3. The topological polar surface area (TPSA) is 57.7 Å². The fourth-order valence-electron chi connectivity index (χ4n) is 3.25. The number of piperidine rings is 1. The summed E-state index contributed by atoms with van der Waals surface area (Å²) in [6.07, 6.45) is 5.77. The van der Waals surface area contributed by atoms with Crippen LogP contribution >= 0.6 is 11.3 Å². The minimum absolute atomic E-state index is 0.00415. The molecule has 24 heavy (non-hydrogen) atoms. The first-order valence-electron chi connectivity index (χ1n) is 9.10. The lowest BCUT2D eigenvalue weighted by Gasteiger charge is -2.32. The molecule has 1 unspecified atom stereocenters. The predicted octanol–water partition coefficient (Wildman–Crippen LogP) is 2.84. The van der Waals surface area contributed by atoms with Crippen molar-refractivity contribution in [2.24, 2.45) is 0 Å². The van der Waals surface area contributed by atoms with Gasteiger partial charge in [-0.25, -0.2) is 9.78 Å². The van der Waals surface area contributed by atoms with E-state index < -0.39 is 0 Å². The van der Waals surface area contributed by atoms with Gasteiger partial charge in [0.05, 0.1) is 18.3 Å². The quantitative estimate of drug-likeness (QED) is 0.855. The van der Waals surface area contributed by atoms with Gasteiger partial charge < -0.3 is 19.9 Å². The molecule has 0 aromatic carbocycles. The van der Waals surface area contributed by atoms with E-state index in [0.717, 1.165) is 56.3 Å². The first-order chi connectivity index (χ1) is 11.8. The number of nitrogens with zero attached hydrogens (tertiary/aromatic N) is 3. The Kier molecular flexibility index (Phi) is 6.31. The van der Waals surface area contributed by atoms with Crippen LogP contribution in [0.15, 0.2) is 5.38 Å². The van der Waals surface area contributed by atoms with Gasteiger partial charge in [0.2, 0.25) is 0 Å². The number of hydrogen-bond acceptors (Lipinski definition) is 5. The van der Waals surface area contributed by atoms with E-state index in [9.17, 15) is 4.79 Å². The van der Waals surface area contributed by atoms with E-state index in [2.05, 4.69) is 27.5 Å². The summed E-state index contributed by atoms with van der Waals surface area (Å²) in [4.78, 5) is 21.2. The summed E-state index contributed by atoms with van der Waals surface area (Å²) < 4.78 is 5.80. The van der Waals surface area contributed by atoms with Gasteiger partial charge in [0.1, 0.15) is 0 Å². The van der Waals surface area contributed by atoms with Gasteiger partial charge in [0, 0.05) is 38.2 Å². The predicted molar refractivity (Wildman–Crippen MR) is 96.6 cm³/mol. The van der Waals surface area contributed by atoms with Crippen LogP contribution in [0.3, 0.4) is 0 Å². The Bertz CT molecular complexity index is 530. The molecule has 2 fully saturated rings. The number of nitrogens with one attached hydrogen (secondary N) is 1. The molecule has 3 heterocycles. The number of urea groups is 1. The first kappa shape index (κ1) is 17.5. The molecule has 2 amide bonds. The van der Waals surface area contributed by atoms with Gasteiger partial charge in [-0.2, -0.15) is 0 Å². The van der Waals surface area contributed by atoms with Crippen LogP contribution in [-0.2, 0) is 11.3 Å². The van der Waals surface area contributed by atoms with Crippen molar-refractivity contribution < 1.29 is 9.53 Å². The maximum atomic E-state index is 12.4. The largest absolute Gasteiger partial charge is 0.376 e. The second-order valence-electron chi connectivity index (χ2n) is 6.56. The number of thiazole rings is 1. The van der Waals surface area contributed by atoms with Gasteiger partial charge in [0.25, 0.3) is 0 Å². The molecule has 2 aliphatic heterocycles. The van der Waals surface area contributed by atoms with Crippen molar-refractivity contribution in [3.8, 4) is 0 Å². The number of rotatable bonds is 6. The molecule has 6 nitrogen and oxygen atoms in total. The van der Waals surface area contributed by atoms with E-state index in [1.165, 1.54) is 12.8 Å². The lowest BCUT2D eigenvalue weighted by molar-refractivity contribution is 0.0100. The zero-order valence-electron chi connectivity index (χ0n) is 14.5. The van der Waals surface area contributed by atoms with E-state index in [0.29, 0.717) is 13.1 Å². The zero-order valence-corrected chi connectivity index (χ0v) is 15.3. The Balaban J connectivity index is 1.44. The monoisotopic (exact) mass is 352 g/mol. The van der Waals surface area contributed by atoms with Crippen LogP contribution in [0.5, 0.6) is 0 Å². The standard InChI is InChI=1S/C17H28N4O2S/c1-2-10-23-15-6-5-9-21(12-15)16(22)18-11-14-13-24-17(19-14)20-7-3-4-8-20/h13,15H,2-12H2,1H3,(H,18,22). The third-order valence-corrected chi connectivity index (χ3v) is 5.51. The molecule has 2 saturated heterocycles. The van der Waals surface area contributed by atoms with Gasteiger partial charge in [-0.05, 0) is 32.1 Å². The lowest BCUT2D eigenvalue weighted by atomic mass is 10.1. The molecule has 7 heteroatoms. The number of carbonyl (C=O) groups is 1. The summed E-state index contributed by atoms with van der Waals surface area (Å²) in [5, 5.41) is 6.15. The maximum absolute atomic E-state index is 12.4. The lowest BCUT2D eigenvalue weighted by Crippen LogP contribution is -2.47. The fraction of sp³-hybridized carbons (Fsp3) is 0.765. The minimum Gasteiger partial charge on any atom is -0.376 e. The van der Waals surface area contributed by atoms with E-state index in [1.807, 2.05) is 4.90 Å². The Morgan fingerprint density at radius 2 is 2.21 bits per heavy atom. The molecule has 0 saturated carbocycles. The number of carbonyl (C=O) groups excluding carboxylic acids is 1. The Morgan fingerprint density at radius 3 is 3.00 bits per heavy atom. The van der Waals surface area contributed by atoms with Crippen molar-refractivity contribution in [3.63, 3.8) is 0 Å². The van der Waals surface area contributed by atoms with Gasteiger partial charge in [-0.3, -0.25) is 0 Å². The average Bonchev–Trinajstić information content (AvgIpc) is 3.29. The third kappa shape index (κ3) is 4.60. The molecular weight excluding hydrogens is 324 g/mol. The van der Waals surface area contributed by atoms with Gasteiger partial charge in [-0.15, -0.1) is 11.3 Å². The third-order valence-electron chi connectivity index (χ3n) is 4.56. The highest BCUT2D eigenvalue weighted by Gasteiger charge is 2.24. The van der Waals surface area contributed by atoms with Crippen LogP contribution in [0, 0.1) is 0 Å². The Morgan fingerprint density at radius 1 is 1.38 bits per heavy atom. The first-order valence-corrected chi connectivity index (χ1v) is 9.98. The van der Waals surface area contributed by atoms with Crippen molar-refractivity contribution in [2.75, 3.05) is 37.7 Å². The second kappa shape index (κ2) is 8.67. The number of ether oxygens (including phenoxy) is 1. The molecule has 0 aliphatic carbocycles. The van der Waals surface area contributed by atoms with Crippen LogP contribution in [0.25, 0.3) is 0 Å².